The lowest BCUT2D eigenvalue weighted by Crippen LogP contribution is -2.45. The van der Waals surface area contributed by atoms with E-state index in [2.05, 4.69) is 0 Å². The van der Waals surface area contributed by atoms with Crippen molar-refractivity contribution in [2.24, 2.45) is 0 Å². The summed E-state index contributed by atoms with van der Waals surface area (Å²) >= 11 is 0. The molecule has 0 radical (unpaired) electrons. The van der Waals surface area contributed by atoms with Crippen molar-refractivity contribution in [3.05, 3.63) is 0 Å². The number of ether oxygens (including phenoxy) is 2. The Morgan fingerprint density at radius 3 is 3.17 bits per heavy atom. The highest BCUT2D eigenvalue weighted by atomic mass is 16.6. The summed E-state index contributed by atoms with van der Waals surface area (Å²) in [6, 6.07) is 0. The van der Waals surface area contributed by atoms with Crippen LogP contribution in [0, 0.1) is 0 Å². The Bertz CT molecular complexity index is 215. The Labute approximate surface area is 70.5 Å². The average molecular weight is 172 g/mol. The van der Waals surface area contributed by atoms with E-state index in [1.807, 2.05) is 6.92 Å². The van der Waals surface area contributed by atoms with E-state index in [9.17, 15) is 4.79 Å². The molecule has 0 aliphatic carbocycles. The van der Waals surface area contributed by atoms with Crippen LogP contribution in [-0.4, -0.2) is 29.1 Å². The highest BCUT2D eigenvalue weighted by Gasteiger charge is 2.49. The third-order valence-corrected chi connectivity index (χ3v) is 2.59. The van der Waals surface area contributed by atoms with Crippen molar-refractivity contribution in [3.63, 3.8) is 0 Å². The summed E-state index contributed by atoms with van der Waals surface area (Å²) in [5.41, 5.74) is -0.490. The maximum absolute atomic E-state index is 10.9. The first-order chi connectivity index (χ1) is 5.60. The Balaban J connectivity index is 2.15. The van der Waals surface area contributed by atoms with Gasteiger partial charge in [-0.1, -0.05) is 0 Å². The molecular formula is C8H12O4. The lowest BCUT2D eigenvalue weighted by atomic mass is 9.91. The van der Waals surface area contributed by atoms with Gasteiger partial charge in [0.15, 0.2) is 6.29 Å². The van der Waals surface area contributed by atoms with Crippen LogP contribution in [0.3, 0.4) is 0 Å². The minimum Gasteiger partial charge on any atom is -0.456 e. The van der Waals surface area contributed by atoms with Crippen LogP contribution < -0.4 is 0 Å². The van der Waals surface area contributed by atoms with Gasteiger partial charge in [0.1, 0.15) is 11.7 Å². The van der Waals surface area contributed by atoms with E-state index >= 15 is 0 Å². The molecule has 0 bridgehead atoms. The molecule has 0 spiro atoms. The number of aliphatic hydroxyl groups is 1. The molecule has 2 rings (SSSR count). The number of esters is 1. The highest BCUT2D eigenvalue weighted by molar-refractivity contribution is 5.73. The minimum atomic E-state index is -0.724. The summed E-state index contributed by atoms with van der Waals surface area (Å²) in [7, 11) is 0. The zero-order valence-corrected chi connectivity index (χ0v) is 6.95. The van der Waals surface area contributed by atoms with Crippen LogP contribution in [0.1, 0.15) is 26.2 Å². The van der Waals surface area contributed by atoms with Gasteiger partial charge in [-0.2, -0.15) is 0 Å². The molecule has 2 aliphatic rings. The van der Waals surface area contributed by atoms with Crippen LogP contribution in [0.15, 0.2) is 0 Å². The molecule has 2 heterocycles. The molecule has 0 aromatic rings. The molecule has 3 atom stereocenters. The van der Waals surface area contributed by atoms with Crippen molar-refractivity contribution < 1.29 is 19.4 Å². The average Bonchev–Trinajstić information content (AvgIpc) is 2.24. The molecule has 0 aromatic carbocycles. The van der Waals surface area contributed by atoms with Crippen LogP contribution in [0.4, 0.5) is 0 Å². The Hall–Kier alpha value is -0.610. The van der Waals surface area contributed by atoms with E-state index < -0.39 is 11.9 Å². The van der Waals surface area contributed by atoms with E-state index in [0.717, 1.165) is 0 Å². The van der Waals surface area contributed by atoms with Gasteiger partial charge in [0, 0.05) is 6.42 Å². The van der Waals surface area contributed by atoms with E-state index in [4.69, 9.17) is 14.6 Å². The second kappa shape index (κ2) is 2.44. The van der Waals surface area contributed by atoms with Crippen molar-refractivity contribution in [1.82, 2.24) is 0 Å². The van der Waals surface area contributed by atoms with E-state index in [1.165, 1.54) is 0 Å². The van der Waals surface area contributed by atoms with Gasteiger partial charge >= 0.3 is 5.97 Å². The van der Waals surface area contributed by atoms with Gasteiger partial charge in [-0.3, -0.25) is 4.79 Å². The van der Waals surface area contributed by atoms with Crippen molar-refractivity contribution in [2.45, 2.75) is 44.2 Å². The van der Waals surface area contributed by atoms with Crippen molar-refractivity contribution in [3.8, 4) is 0 Å². The second-order valence-corrected chi connectivity index (χ2v) is 3.61. The molecule has 12 heavy (non-hydrogen) atoms. The van der Waals surface area contributed by atoms with Crippen LogP contribution >= 0.6 is 0 Å². The number of aliphatic hydroxyl groups excluding tert-OH is 1. The molecule has 68 valence electrons. The summed E-state index contributed by atoms with van der Waals surface area (Å²) in [4.78, 5) is 10.9. The Morgan fingerprint density at radius 1 is 1.67 bits per heavy atom. The molecule has 2 fully saturated rings. The number of rotatable bonds is 0. The molecule has 2 aliphatic heterocycles. The van der Waals surface area contributed by atoms with Crippen LogP contribution in [0.25, 0.3) is 0 Å². The maximum atomic E-state index is 10.9. The van der Waals surface area contributed by atoms with Gasteiger partial charge in [-0.25, -0.2) is 0 Å². The standard InChI is InChI=1S/C8H12O4/c1-8-3-2-6(9)11-5(8)4-7(10)12-8/h5-6,9H,2-4H2,1H3/t5-,6?,8-/m0/s1. The summed E-state index contributed by atoms with van der Waals surface area (Å²) < 4.78 is 10.3. The SMILES string of the molecule is C[C@]12CCC(O)O[C@H]1CC(=O)O2. The highest BCUT2D eigenvalue weighted by Crippen LogP contribution is 2.38. The first-order valence-electron chi connectivity index (χ1n) is 4.15. The van der Waals surface area contributed by atoms with Crippen LogP contribution in [-0.2, 0) is 14.3 Å². The summed E-state index contributed by atoms with van der Waals surface area (Å²) in [5, 5.41) is 9.17. The molecule has 1 unspecified atom stereocenters. The predicted octanol–water partition coefficient (Wildman–Crippen LogP) is 0.189. The predicted molar refractivity (Wildman–Crippen MR) is 39.2 cm³/mol. The van der Waals surface area contributed by atoms with Crippen molar-refractivity contribution in [1.29, 1.82) is 0 Å². The zero-order valence-electron chi connectivity index (χ0n) is 6.95. The first kappa shape index (κ1) is 8.01. The van der Waals surface area contributed by atoms with Gasteiger partial charge < -0.3 is 14.6 Å². The number of hydrogen-bond donors (Lipinski definition) is 1. The second-order valence-electron chi connectivity index (χ2n) is 3.61. The topological polar surface area (TPSA) is 55.8 Å². The molecule has 0 aromatic heterocycles. The van der Waals surface area contributed by atoms with Gasteiger partial charge in [0.25, 0.3) is 0 Å². The number of hydrogen-bond acceptors (Lipinski definition) is 4. The molecule has 2 saturated heterocycles. The lowest BCUT2D eigenvalue weighted by molar-refractivity contribution is -0.213. The van der Waals surface area contributed by atoms with E-state index in [0.29, 0.717) is 12.8 Å². The molecule has 0 amide bonds. The lowest BCUT2D eigenvalue weighted by Gasteiger charge is -2.35. The number of fused-ring (bicyclic) bond motifs is 1. The number of carbonyl (C=O) groups excluding carboxylic acids is 1. The summed E-state index contributed by atoms with van der Waals surface area (Å²) in [6.45, 7) is 1.86. The van der Waals surface area contributed by atoms with E-state index in [-0.39, 0.29) is 18.5 Å². The molecule has 0 saturated carbocycles. The largest absolute Gasteiger partial charge is 0.456 e. The fourth-order valence-corrected chi connectivity index (χ4v) is 1.81. The monoisotopic (exact) mass is 172 g/mol. The smallest absolute Gasteiger partial charge is 0.309 e. The van der Waals surface area contributed by atoms with Crippen molar-refractivity contribution >= 4 is 5.97 Å². The van der Waals surface area contributed by atoms with Gasteiger partial charge in [-0.15, -0.1) is 0 Å². The minimum absolute atomic E-state index is 0.225. The first-order valence-corrected chi connectivity index (χ1v) is 4.15. The van der Waals surface area contributed by atoms with E-state index in [1.54, 1.807) is 0 Å². The van der Waals surface area contributed by atoms with Crippen molar-refractivity contribution in [2.75, 3.05) is 0 Å². The molecule has 1 N–H and O–H groups in total. The third-order valence-electron chi connectivity index (χ3n) is 2.59. The fraction of sp³-hybridized carbons (Fsp3) is 0.875. The summed E-state index contributed by atoms with van der Waals surface area (Å²) in [5.74, 6) is -0.225. The zero-order chi connectivity index (χ0) is 8.77. The van der Waals surface area contributed by atoms with Crippen LogP contribution in [0.2, 0.25) is 0 Å². The van der Waals surface area contributed by atoms with Crippen LogP contribution in [0.5, 0.6) is 0 Å². The van der Waals surface area contributed by atoms with Gasteiger partial charge in [0.05, 0.1) is 6.42 Å². The third kappa shape index (κ3) is 1.11. The Morgan fingerprint density at radius 2 is 2.42 bits per heavy atom. The Kier molecular flexibility index (Phi) is 1.63. The maximum Gasteiger partial charge on any atom is 0.309 e. The molecule has 4 heteroatoms. The van der Waals surface area contributed by atoms with Gasteiger partial charge in [0.2, 0.25) is 0 Å². The molecular weight excluding hydrogens is 160 g/mol. The summed E-state index contributed by atoms with van der Waals surface area (Å²) in [6.07, 6.45) is 0.518. The molecule has 4 nitrogen and oxygen atoms in total. The van der Waals surface area contributed by atoms with Gasteiger partial charge in [-0.05, 0) is 13.3 Å². The quantitative estimate of drug-likeness (QED) is 0.530. The normalized spacial score (nSPS) is 47.0. The fourth-order valence-electron chi connectivity index (χ4n) is 1.81. The number of carbonyl (C=O) groups is 1.